The monoisotopic (exact) mass is 547 g/mol. The largest absolute Gasteiger partial charge is 0.468 e. The highest BCUT2D eigenvalue weighted by Crippen LogP contribution is 2.41. The van der Waals surface area contributed by atoms with Crippen molar-refractivity contribution in [2.75, 3.05) is 45.3 Å². The summed E-state index contributed by atoms with van der Waals surface area (Å²) in [6.07, 6.45) is -0.700. The van der Waals surface area contributed by atoms with E-state index in [1.165, 1.54) is 18.1 Å². The van der Waals surface area contributed by atoms with Gasteiger partial charge >= 0.3 is 18.7 Å². The quantitative estimate of drug-likeness (QED) is 0.473. The van der Waals surface area contributed by atoms with Crippen molar-refractivity contribution in [2.45, 2.75) is 38.7 Å². The molecule has 1 aromatic heterocycles. The van der Waals surface area contributed by atoms with Gasteiger partial charge in [-0.15, -0.1) is 0 Å². The maximum absolute atomic E-state index is 13.8. The van der Waals surface area contributed by atoms with E-state index in [1.807, 2.05) is 32.0 Å². The molecule has 0 unspecified atom stereocenters. The Hall–Kier alpha value is -3.80. The highest BCUT2D eigenvalue weighted by Gasteiger charge is 2.55. The maximum Gasteiger partial charge on any atom is 0.409 e. The first kappa shape index (κ1) is 28.2. The average molecular weight is 548 g/mol. The van der Waals surface area contributed by atoms with Crippen LogP contribution in [-0.2, 0) is 29.2 Å². The van der Waals surface area contributed by atoms with E-state index < -0.39 is 41.3 Å². The van der Waals surface area contributed by atoms with Crippen molar-refractivity contribution in [3.05, 3.63) is 53.2 Å². The zero-order chi connectivity index (χ0) is 28.4. The molecular formula is C27H31F2N3O7. The second-order valence-corrected chi connectivity index (χ2v) is 10.1. The van der Waals surface area contributed by atoms with Crippen LogP contribution in [0.15, 0.2) is 36.4 Å². The zero-order valence-electron chi connectivity index (χ0n) is 22.2. The number of nitrogens with one attached hydrogen (secondary N) is 1. The summed E-state index contributed by atoms with van der Waals surface area (Å²) >= 11 is 0. The van der Waals surface area contributed by atoms with Gasteiger partial charge in [0.25, 0.3) is 0 Å². The van der Waals surface area contributed by atoms with Gasteiger partial charge in [0.15, 0.2) is 0 Å². The van der Waals surface area contributed by atoms with E-state index in [0.717, 1.165) is 5.56 Å². The SMILES string of the molecule is COC(=O)C1(COC(=O)N2CC(C(=O)Nc3ccc(C)nc3OC(F)F)(c3ccccc3C(C)C)C2)COC1. The van der Waals surface area contributed by atoms with Crippen molar-refractivity contribution >= 4 is 23.7 Å². The number of hydrogen-bond acceptors (Lipinski definition) is 8. The molecule has 0 atom stereocenters. The number of ether oxygens (including phenoxy) is 4. The van der Waals surface area contributed by atoms with E-state index in [0.29, 0.717) is 11.3 Å². The van der Waals surface area contributed by atoms with Gasteiger partial charge in [-0.3, -0.25) is 9.59 Å². The van der Waals surface area contributed by atoms with Crippen molar-refractivity contribution in [3.8, 4) is 5.88 Å². The van der Waals surface area contributed by atoms with Gasteiger partial charge in [-0.05, 0) is 36.1 Å². The number of aryl methyl sites for hydroxylation is 1. The third kappa shape index (κ3) is 5.51. The molecular weight excluding hydrogens is 516 g/mol. The summed E-state index contributed by atoms with van der Waals surface area (Å²) in [6.45, 7) is 2.32. The first-order valence-electron chi connectivity index (χ1n) is 12.4. The molecule has 3 heterocycles. The summed E-state index contributed by atoms with van der Waals surface area (Å²) in [7, 11) is 1.25. The number of nitrogens with zero attached hydrogens (tertiary/aromatic N) is 2. The number of likely N-dealkylation sites (tertiary alicyclic amines) is 1. The molecule has 2 aromatic rings. The van der Waals surface area contributed by atoms with E-state index in [2.05, 4.69) is 15.0 Å². The number of pyridine rings is 1. The molecule has 1 aromatic carbocycles. The standard InChI is InChI=1S/C27H31F2N3O7/c1-16(2)18-7-5-6-8-19(18)27(22(33)31-20-10-9-17(3)30-21(20)39-24(28)29)11-32(12-27)25(35)38-15-26(13-37-14-26)23(34)36-4/h5-10,16,24H,11-15H2,1-4H3,(H,31,33). The number of benzene rings is 1. The smallest absolute Gasteiger partial charge is 0.409 e. The minimum Gasteiger partial charge on any atom is -0.468 e. The predicted octanol–water partition coefficient (Wildman–Crippen LogP) is 3.63. The molecule has 10 nitrogen and oxygen atoms in total. The van der Waals surface area contributed by atoms with Gasteiger partial charge in [0, 0.05) is 18.8 Å². The molecule has 0 spiro atoms. The Morgan fingerprint density at radius 1 is 1.13 bits per heavy atom. The minimum absolute atomic E-state index is 0.0154. The normalized spacial score (nSPS) is 17.2. The Morgan fingerprint density at radius 2 is 1.82 bits per heavy atom. The molecule has 12 heteroatoms. The summed E-state index contributed by atoms with van der Waals surface area (Å²) in [5, 5.41) is 2.69. The summed E-state index contributed by atoms with van der Waals surface area (Å²) in [4.78, 5) is 44.2. The molecule has 0 saturated carbocycles. The van der Waals surface area contributed by atoms with E-state index in [-0.39, 0.29) is 44.5 Å². The number of carbonyl (C=O) groups is 3. The van der Waals surface area contributed by atoms with Gasteiger partial charge < -0.3 is 29.2 Å². The number of rotatable bonds is 9. The molecule has 0 bridgehead atoms. The van der Waals surface area contributed by atoms with E-state index in [4.69, 9.17) is 14.2 Å². The fraction of sp³-hybridized carbons (Fsp3) is 0.481. The van der Waals surface area contributed by atoms with Crippen LogP contribution in [0.25, 0.3) is 0 Å². The van der Waals surface area contributed by atoms with Gasteiger partial charge in [-0.25, -0.2) is 9.78 Å². The predicted molar refractivity (Wildman–Crippen MR) is 135 cm³/mol. The number of aromatic nitrogens is 1. The Labute approximate surface area is 224 Å². The molecule has 39 heavy (non-hydrogen) atoms. The molecule has 2 saturated heterocycles. The molecule has 0 radical (unpaired) electrons. The molecule has 0 aliphatic carbocycles. The number of hydrogen-bond donors (Lipinski definition) is 1. The fourth-order valence-electron chi connectivity index (χ4n) is 4.77. The van der Waals surface area contributed by atoms with Crippen LogP contribution in [0.4, 0.5) is 19.3 Å². The van der Waals surface area contributed by atoms with Gasteiger partial charge in [0.1, 0.15) is 23.1 Å². The topological polar surface area (TPSA) is 116 Å². The molecule has 2 fully saturated rings. The molecule has 2 amide bonds. The van der Waals surface area contributed by atoms with Crippen LogP contribution in [0.1, 0.15) is 36.6 Å². The van der Waals surface area contributed by atoms with Crippen LogP contribution >= 0.6 is 0 Å². The lowest BCUT2D eigenvalue weighted by molar-refractivity contribution is -0.191. The molecule has 210 valence electrons. The zero-order valence-corrected chi connectivity index (χ0v) is 22.2. The maximum atomic E-state index is 13.8. The van der Waals surface area contributed by atoms with Crippen LogP contribution in [0, 0.1) is 12.3 Å². The van der Waals surface area contributed by atoms with Crippen molar-refractivity contribution in [1.29, 1.82) is 0 Å². The first-order valence-corrected chi connectivity index (χ1v) is 12.4. The fourth-order valence-corrected chi connectivity index (χ4v) is 4.77. The Kier molecular flexibility index (Phi) is 8.05. The second kappa shape index (κ2) is 11.1. The van der Waals surface area contributed by atoms with Crippen LogP contribution < -0.4 is 10.1 Å². The summed E-state index contributed by atoms with van der Waals surface area (Å²) in [6, 6.07) is 10.4. The number of halogens is 2. The summed E-state index contributed by atoms with van der Waals surface area (Å²) < 4.78 is 45.9. The average Bonchev–Trinajstić information content (AvgIpc) is 2.84. The number of alkyl halides is 2. The molecule has 1 N–H and O–H groups in total. The number of methoxy groups -OCH3 is 1. The van der Waals surface area contributed by atoms with Gasteiger partial charge in [-0.2, -0.15) is 8.78 Å². The van der Waals surface area contributed by atoms with E-state index in [9.17, 15) is 23.2 Å². The third-order valence-corrected chi connectivity index (χ3v) is 7.01. The first-order chi connectivity index (χ1) is 18.5. The Bertz CT molecular complexity index is 1240. The molecule has 2 aliphatic rings. The van der Waals surface area contributed by atoms with Gasteiger partial charge in [-0.1, -0.05) is 38.1 Å². The number of anilines is 1. The number of carbonyl (C=O) groups excluding carboxylic acids is 3. The van der Waals surface area contributed by atoms with Crippen molar-refractivity contribution in [1.82, 2.24) is 9.88 Å². The molecule has 2 aliphatic heterocycles. The van der Waals surface area contributed by atoms with E-state index >= 15 is 0 Å². The highest BCUT2D eigenvalue weighted by molar-refractivity contribution is 6.02. The van der Waals surface area contributed by atoms with Gasteiger partial charge in [0.2, 0.25) is 11.8 Å². The second-order valence-electron chi connectivity index (χ2n) is 10.1. The van der Waals surface area contributed by atoms with Crippen molar-refractivity contribution in [2.24, 2.45) is 5.41 Å². The molecule has 4 rings (SSSR count). The van der Waals surface area contributed by atoms with Gasteiger partial charge in [0.05, 0.1) is 20.3 Å². The van der Waals surface area contributed by atoms with Crippen molar-refractivity contribution < 1.29 is 42.1 Å². The Balaban J connectivity index is 1.58. The third-order valence-electron chi connectivity index (χ3n) is 7.01. The Morgan fingerprint density at radius 3 is 2.41 bits per heavy atom. The summed E-state index contributed by atoms with van der Waals surface area (Å²) in [5.74, 6) is -1.39. The van der Waals surface area contributed by atoms with Crippen LogP contribution in [-0.4, -0.2) is 74.5 Å². The van der Waals surface area contributed by atoms with Crippen LogP contribution in [0.3, 0.4) is 0 Å². The van der Waals surface area contributed by atoms with Crippen LogP contribution in [0.2, 0.25) is 0 Å². The summed E-state index contributed by atoms with van der Waals surface area (Å²) in [5.41, 5.74) is -0.222. The minimum atomic E-state index is -3.13. The number of amides is 2. The lowest BCUT2D eigenvalue weighted by Gasteiger charge is -2.49. The lowest BCUT2D eigenvalue weighted by Crippen LogP contribution is -2.67. The number of esters is 1. The lowest BCUT2D eigenvalue weighted by atomic mass is 9.70. The van der Waals surface area contributed by atoms with Crippen LogP contribution in [0.5, 0.6) is 5.88 Å². The van der Waals surface area contributed by atoms with E-state index in [1.54, 1.807) is 19.1 Å². The van der Waals surface area contributed by atoms with Crippen molar-refractivity contribution in [3.63, 3.8) is 0 Å². The highest BCUT2D eigenvalue weighted by atomic mass is 19.3.